The molecule has 2 aromatic rings. The summed E-state index contributed by atoms with van der Waals surface area (Å²) >= 11 is 0. The number of benzene rings is 2. The highest BCUT2D eigenvalue weighted by Crippen LogP contribution is 2.21. The van der Waals surface area contributed by atoms with Crippen LogP contribution in [0.15, 0.2) is 54.6 Å². The highest BCUT2D eigenvalue weighted by molar-refractivity contribution is 5.27. The first-order valence-electron chi connectivity index (χ1n) is 6.76. The molecule has 100 valence electrons. The largest absolute Gasteiger partial charge is 0.508 e. The van der Waals surface area contributed by atoms with Crippen molar-refractivity contribution in [3.8, 4) is 5.75 Å². The predicted molar refractivity (Wildman–Crippen MR) is 77.1 cm³/mol. The Morgan fingerprint density at radius 1 is 0.842 bits per heavy atom. The minimum atomic E-state index is -0.434. The van der Waals surface area contributed by atoms with Crippen LogP contribution in [0.5, 0.6) is 5.75 Å². The lowest BCUT2D eigenvalue weighted by molar-refractivity contribution is 0.163. The number of unbranched alkanes of at least 4 members (excludes halogenated alkanes) is 1. The van der Waals surface area contributed by atoms with Crippen LogP contribution in [0.1, 0.15) is 36.5 Å². The van der Waals surface area contributed by atoms with Gasteiger partial charge in [0.2, 0.25) is 0 Å². The molecule has 2 rings (SSSR count). The van der Waals surface area contributed by atoms with Crippen molar-refractivity contribution in [2.45, 2.75) is 31.8 Å². The number of aliphatic hydroxyl groups is 1. The highest BCUT2D eigenvalue weighted by atomic mass is 16.3. The number of rotatable bonds is 6. The third kappa shape index (κ3) is 4.42. The van der Waals surface area contributed by atoms with E-state index in [2.05, 4.69) is 24.3 Å². The molecule has 2 heteroatoms. The quantitative estimate of drug-likeness (QED) is 0.771. The summed E-state index contributed by atoms with van der Waals surface area (Å²) in [7, 11) is 0. The molecule has 0 bridgehead atoms. The molecule has 0 saturated carbocycles. The van der Waals surface area contributed by atoms with E-state index in [0.717, 1.165) is 31.2 Å². The van der Waals surface area contributed by atoms with E-state index in [1.807, 2.05) is 6.07 Å². The number of aryl methyl sites for hydroxylation is 1. The summed E-state index contributed by atoms with van der Waals surface area (Å²) in [5.41, 5.74) is 2.22. The van der Waals surface area contributed by atoms with Crippen LogP contribution in [-0.4, -0.2) is 10.2 Å². The lowest BCUT2D eigenvalue weighted by atomic mass is 10.0. The van der Waals surface area contributed by atoms with E-state index in [-0.39, 0.29) is 5.75 Å². The van der Waals surface area contributed by atoms with Gasteiger partial charge in [-0.3, -0.25) is 0 Å². The van der Waals surface area contributed by atoms with Crippen molar-refractivity contribution >= 4 is 0 Å². The van der Waals surface area contributed by atoms with Crippen LogP contribution in [0.2, 0.25) is 0 Å². The molecule has 2 aromatic carbocycles. The van der Waals surface area contributed by atoms with Gasteiger partial charge in [0.1, 0.15) is 5.75 Å². The second-order valence-electron chi connectivity index (χ2n) is 4.84. The van der Waals surface area contributed by atoms with Crippen LogP contribution in [0.4, 0.5) is 0 Å². The molecule has 0 spiro atoms. The van der Waals surface area contributed by atoms with Gasteiger partial charge in [0.25, 0.3) is 0 Å². The van der Waals surface area contributed by atoms with Crippen LogP contribution < -0.4 is 0 Å². The minimum Gasteiger partial charge on any atom is -0.508 e. The number of phenols is 1. The highest BCUT2D eigenvalue weighted by Gasteiger charge is 2.06. The Balaban J connectivity index is 1.72. The summed E-state index contributed by atoms with van der Waals surface area (Å²) in [6.45, 7) is 0. The van der Waals surface area contributed by atoms with Gasteiger partial charge >= 0.3 is 0 Å². The summed E-state index contributed by atoms with van der Waals surface area (Å²) in [5, 5.41) is 19.2. The van der Waals surface area contributed by atoms with Crippen LogP contribution in [0, 0.1) is 0 Å². The van der Waals surface area contributed by atoms with Crippen molar-refractivity contribution in [1.29, 1.82) is 0 Å². The first-order chi connectivity index (χ1) is 9.25. The molecular weight excluding hydrogens is 236 g/mol. The van der Waals surface area contributed by atoms with Crippen molar-refractivity contribution in [2.24, 2.45) is 0 Å². The zero-order valence-corrected chi connectivity index (χ0v) is 11.0. The lowest BCUT2D eigenvalue weighted by Gasteiger charge is -2.10. The summed E-state index contributed by atoms with van der Waals surface area (Å²) in [6, 6.07) is 17.2. The summed E-state index contributed by atoms with van der Waals surface area (Å²) in [6.07, 6.45) is 3.47. The van der Waals surface area contributed by atoms with Crippen molar-refractivity contribution in [1.82, 2.24) is 0 Å². The fourth-order valence-corrected chi connectivity index (χ4v) is 2.17. The molecule has 0 aromatic heterocycles. The zero-order valence-electron chi connectivity index (χ0n) is 11.0. The molecule has 0 aliphatic heterocycles. The Morgan fingerprint density at radius 3 is 2.21 bits per heavy atom. The number of aromatic hydroxyl groups is 1. The Kier molecular flexibility index (Phi) is 4.99. The van der Waals surface area contributed by atoms with Crippen LogP contribution in [0.25, 0.3) is 0 Å². The number of hydrogen-bond donors (Lipinski definition) is 2. The molecule has 0 aliphatic carbocycles. The summed E-state index contributed by atoms with van der Waals surface area (Å²) in [5.74, 6) is 0.236. The van der Waals surface area contributed by atoms with E-state index >= 15 is 0 Å². The van der Waals surface area contributed by atoms with E-state index in [1.165, 1.54) is 5.56 Å². The monoisotopic (exact) mass is 256 g/mol. The topological polar surface area (TPSA) is 40.5 Å². The Labute approximate surface area is 114 Å². The molecule has 0 unspecified atom stereocenters. The van der Waals surface area contributed by atoms with Crippen LogP contribution >= 0.6 is 0 Å². The smallest absolute Gasteiger partial charge is 0.115 e. The predicted octanol–water partition coefficient (Wildman–Crippen LogP) is 3.84. The molecule has 0 fully saturated rings. The maximum atomic E-state index is 10.0. The first kappa shape index (κ1) is 13.6. The molecule has 0 heterocycles. The van der Waals surface area contributed by atoms with Gasteiger partial charge in [-0.15, -0.1) is 0 Å². The summed E-state index contributed by atoms with van der Waals surface area (Å²) in [4.78, 5) is 0. The van der Waals surface area contributed by atoms with Gasteiger partial charge in [-0.25, -0.2) is 0 Å². The van der Waals surface area contributed by atoms with Gasteiger partial charge in [-0.05, 0) is 42.5 Å². The van der Waals surface area contributed by atoms with Gasteiger partial charge in [-0.1, -0.05) is 48.9 Å². The lowest BCUT2D eigenvalue weighted by Crippen LogP contribution is -1.97. The maximum absolute atomic E-state index is 10.0. The SMILES string of the molecule is Oc1ccc([C@H](O)CCCCc2ccccc2)cc1. The van der Waals surface area contributed by atoms with Crippen LogP contribution in [-0.2, 0) is 6.42 Å². The molecule has 2 nitrogen and oxygen atoms in total. The van der Waals surface area contributed by atoms with Crippen molar-refractivity contribution in [2.75, 3.05) is 0 Å². The molecule has 0 saturated heterocycles. The number of phenolic OH excluding ortho intramolecular Hbond substituents is 1. The minimum absolute atomic E-state index is 0.236. The third-order valence-corrected chi connectivity index (χ3v) is 3.31. The normalized spacial score (nSPS) is 12.3. The molecule has 0 aliphatic rings. The summed E-state index contributed by atoms with van der Waals surface area (Å²) < 4.78 is 0. The third-order valence-electron chi connectivity index (χ3n) is 3.31. The second-order valence-corrected chi connectivity index (χ2v) is 4.84. The standard InChI is InChI=1S/C17H20O2/c18-16-12-10-15(11-13-16)17(19)9-5-4-8-14-6-2-1-3-7-14/h1-3,6-7,10-13,17-19H,4-5,8-9H2/t17-/m1/s1. The Hall–Kier alpha value is -1.80. The first-order valence-corrected chi connectivity index (χ1v) is 6.76. The molecule has 0 radical (unpaired) electrons. The Morgan fingerprint density at radius 2 is 1.53 bits per heavy atom. The van der Waals surface area contributed by atoms with Gasteiger partial charge in [0.05, 0.1) is 6.10 Å². The number of aliphatic hydroxyl groups excluding tert-OH is 1. The average molecular weight is 256 g/mol. The molecule has 19 heavy (non-hydrogen) atoms. The van der Waals surface area contributed by atoms with Crippen LogP contribution in [0.3, 0.4) is 0 Å². The molecule has 1 atom stereocenters. The van der Waals surface area contributed by atoms with Gasteiger partial charge in [-0.2, -0.15) is 0 Å². The number of hydrogen-bond acceptors (Lipinski definition) is 2. The van der Waals surface area contributed by atoms with E-state index < -0.39 is 6.10 Å². The Bertz CT molecular complexity index is 476. The molecular formula is C17H20O2. The zero-order chi connectivity index (χ0) is 13.5. The van der Waals surface area contributed by atoms with E-state index in [9.17, 15) is 10.2 Å². The maximum Gasteiger partial charge on any atom is 0.115 e. The van der Waals surface area contributed by atoms with Gasteiger partial charge < -0.3 is 10.2 Å². The van der Waals surface area contributed by atoms with Gasteiger partial charge in [0, 0.05) is 0 Å². The van der Waals surface area contributed by atoms with Gasteiger partial charge in [0.15, 0.2) is 0 Å². The van der Waals surface area contributed by atoms with E-state index in [0.29, 0.717) is 0 Å². The fourth-order valence-electron chi connectivity index (χ4n) is 2.17. The van der Waals surface area contributed by atoms with Crippen molar-refractivity contribution in [3.05, 3.63) is 65.7 Å². The van der Waals surface area contributed by atoms with Crippen molar-refractivity contribution < 1.29 is 10.2 Å². The molecule has 2 N–H and O–H groups in total. The van der Waals surface area contributed by atoms with E-state index in [4.69, 9.17) is 0 Å². The second kappa shape index (κ2) is 6.95. The average Bonchev–Trinajstić information content (AvgIpc) is 2.45. The fraction of sp³-hybridized carbons (Fsp3) is 0.294. The van der Waals surface area contributed by atoms with E-state index in [1.54, 1.807) is 24.3 Å². The van der Waals surface area contributed by atoms with Crippen molar-refractivity contribution in [3.63, 3.8) is 0 Å². The molecule has 0 amide bonds.